The number of hydrogen-bond donors (Lipinski definition) is 12. The summed E-state index contributed by atoms with van der Waals surface area (Å²) in [4.78, 5) is 13.5. The van der Waals surface area contributed by atoms with E-state index in [0.717, 1.165) is 51.4 Å². The van der Waals surface area contributed by atoms with Crippen LogP contribution in [-0.4, -0.2) is 193 Å². The van der Waals surface area contributed by atoms with Crippen LogP contribution in [-0.2, 0) is 33.2 Å². The number of carbonyl (C=O) groups excluding carboxylic acids is 1. The molecule has 3 rings (SSSR count). The second-order valence-electron chi connectivity index (χ2n) is 34.2. The molecule has 12 N–H and O–H groups in total. The van der Waals surface area contributed by atoms with Gasteiger partial charge in [-0.3, -0.25) is 4.79 Å². The lowest BCUT2D eigenvalue weighted by molar-refractivity contribution is -0.379. The van der Waals surface area contributed by atoms with Crippen LogP contribution in [0.2, 0.25) is 0 Å². The number of amides is 1. The van der Waals surface area contributed by atoms with E-state index in [1.54, 1.807) is 6.08 Å². The summed E-state index contributed by atoms with van der Waals surface area (Å²) in [5.74, 6) is -0.277. The Bertz CT molecular complexity index is 2310. The van der Waals surface area contributed by atoms with Crippen molar-refractivity contribution in [2.45, 2.75) is 516 Å². The molecular weight excluding hydrogens is 1460 g/mol. The third-order valence-corrected chi connectivity index (χ3v) is 23.8. The van der Waals surface area contributed by atoms with Crippen molar-refractivity contribution in [2.24, 2.45) is 0 Å². The van der Waals surface area contributed by atoms with Gasteiger partial charge in [0.25, 0.3) is 0 Å². The van der Waals surface area contributed by atoms with Gasteiger partial charge in [0.2, 0.25) is 5.91 Å². The molecule has 115 heavy (non-hydrogen) atoms. The molecule has 17 atom stereocenters. The van der Waals surface area contributed by atoms with Crippen molar-refractivity contribution in [2.75, 3.05) is 26.4 Å². The summed E-state index contributed by atoms with van der Waals surface area (Å²) in [6.07, 6.45) is 74.0. The van der Waals surface area contributed by atoms with Crippen LogP contribution in [0.5, 0.6) is 0 Å². The molecule has 0 spiro atoms. The molecule has 0 aromatic rings. The Hall–Kier alpha value is -2.51. The van der Waals surface area contributed by atoms with E-state index in [1.165, 1.54) is 327 Å². The van der Waals surface area contributed by atoms with E-state index in [4.69, 9.17) is 28.4 Å². The van der Waals surface area contributed by atoms with E-state index in [9.17, 15) is 61.0 Å². The highest BCUT2D eigenvalue weighted by Crippen LogP contribution is 2.34. The van der Waals surface area contributed by atoms with E-state index in [1.807, 2.05) is 6.08 Å². The first-order valence-corrected chi connectivity index (χ1v) is 48.0. The molecule has 0 aromatic heterocycles. The van der Waals surface area contributed by atoms with Crippen LogP contribution in [0.3, 0.4) is 0 Å². The predicted octanol–water partition coefficient (Wildman–Crippen LogP) is 19.3. The summed E-state index contributed by atoms with van der Waals surface area (Å²) < 4.78 is 34.5. The number of unbranched alkanes of at least 4 members (excludes halogenated alkanes) is 55. The lowest BCUT2D eigenvalue weighted by atomic mass is 9.96. The summed E-state index contributed by atoms with van der Waals surface area (Å²) in [6, 6.07) is -0.992. The fourth-order valence-electron chi connectivity index (χ4n) is 16.2. The third kappa shape index (κ3) is 53.2. The van der Waals surface area contributed by atoms with Crippen molar-refractivity contribution in [3.8, 4) is 0 Å². The molecule has 19 nitrogen and oxygen atoms in total. The van der Waals surface area contributed by atoms with Crippen molar-refractivity contribution in [1.29, 1.82) is 0 Å². The molecule has 17 unspecified atom stereocenters. The van der Waals surface area contributed by atoms with E-state index in [-0.39, 0.29) is 18.9 Å². The Balaban J connectivity index is 1.29. The normalized spacial score (nSPS) is 24.8. The minimum Gasteiger partial charge on any atom is -0.394 e. The quantitative estimate of drug-likeness (QED) is 0.0199. The van der Waals surface area contributed by atoms with Gasteiger partial charge in [-0.1, -0.05) is 396 Å². The average molecular weight is 1630 g/mol. The fraction of sp³-hybridized carbons (Fsp3) is 0.885. The minimum atomic E-state index is -1.98. The van der Waals surface area contributed by atoms with Gasteiger partial charge in [-0.2, -0.15) is 0 Å². The Kier molecular flexibility index (Phi) is 69.8. The van der Waals surface area contributed by atoms with Crippen molar-refractivity contribution in [3.63, 3.8) is 0 Å². The van der Waals surface area contributed by atoms with Crippen LogP contribution in [0.1, 0.15) is 412 Å². The lowest BCUT2D eigenvalue weighted by Crippen LogP contribution is -2.66. The molecular formula is C96H177NO18. The summed E-state index contributed by atoms with van der Waals surface area (Å²) >= 11 is 0. The Morgan fingerprint density at radius 1 is 0.313 bits per heavy atom. The Labute approximate surface area is 700 Å². The maximum Gasteiger partial charge on any atom is 0.220 e. The van der Waals surface area contributed by atoms with Crippen molar-refractivity contribution < 1.29 is 89.4 Å². The van der Waals surface area contributed by atoms with Crippen LogP contribution in [0, 0.1) is 0 Å². The van der Waals surface area contributed by atoms with Gasteiger partial charge in [0, 0.05) is 6.42 Å². The molecule has 3 saturated heterocycles. The summed E-state index contributed by atoms with van der Waals surface area (Å²) in [5.41, 5.74) is 0. The number of nitrogens with one attached hydrogen (secondary N) is 1. The number of aliphatic hydroxyl groups is 11. The molecule has 3 heterocycles. The summed E-state index contributed by atoms with van der Waals surface area (Å²) in [5, 5.41) is 121. The van der Waals surface area contributed by atoms with Crippen LogP contribution >= 0.6 is 0 Å². The first kappa shape index (κ1) is 107. The Morgan fingerprint density at radius 2 is 0.583 bits per heavy atom. The van der Waals surface area contributed by atoms with Gasteiger partial charge in [0.1, 0.15) is 73.2 Å². The molecule has 0 aromatic carbocycles. The monoisotopic (exact) mass is 1630 g/mol. The van der Waals surface area contributed by atoms with Gasteiger partial charge in [-0.25, -0.2) is 0 Å². The highest BCUT2D eigenvalue weighted by molar-refractivity contribution is 5.76. The number of allylic oxidation sites excluding steroid dienone is 9. The molecule has 3 fully saturated rings. The molecule has 0 aliphatic carbocycles. The number of hydrogen-bond acceptors (Lipinski definition) is 18. The molecule has 0 saturated carbocycles. The number of rotatable bonds is 79. The third-order valence-electron chi connectivity index (χ3n) is 23.8. The van der Waals surface area contributed by atoms with E-state index >= 15 is 0 Å². The molecule has 3 aliphatic heterocycles. The standard InChI is InChI=1S/C96H177NO18/c1-3-5-7-9-11-13-15-17-19-21-23-25-27-29-31-33-34-35-36-37-38-39-40-41-42-43-44-46-48-50-52-54-56-58-60-62-64-66-68-70-72-74-84(102)97-79(80(101)73-71-69-67-65-63-61-59-57-55-53-51-49-47-45-32-30-28-26-24-22-20-18-16-14-12-10-8-6-4-2)78-110-94-90(108)87(105)92(82(76-99)112-94)115-96-91(109)88(106)93(83(77-100)113-96)114-95-89(107)86(104)85(103)81(75-98)111-95/h15,17,21,23,27,29,63,65,71,73,79-83,85-96,98-101,103-109H,3-14,16,18-20,22,24-26,28,30-62,64,66-70,72,74-78H2,1-2H3,(H,97,102)/b17-15-,23-21-,29-27-,65-63+,73-71+. The highest BCUT2D eigenvalue weighted by atomic mass is 16.8. The van der Waals surface area contributed by atoms with Gasteiger partial charge in [0.05, 0.1) is 38.6 Å². The minimum absolute atomic E-state index is 0.239. The first-order valence-electron chi connectivity index (χ1n) is 48.0. The van der Waals surface area contributed by atoms with Crippen molar-refractivity contribution in [1.82, 2.24) is 5.32 Å². The lowest BCUT2D eigenvalue weighted by Gasteiger charge is -2.48. The average Bonchev–Trinajstić information content (AvgIpc) is 0.778. The van der Waals surface area contributed by atoms with E-state index < -0.39 is 124 Å². The topological polar surface area (TPSA) is 307 Å². The van der Waals surface area contributed by atoms with Crippen LogP contribution in [0.4, 0.5) is 0 Å². The molecule has 1 amide bonds. The van der Waals surface area contributed by atoms with Crippen LogP contribution in [0.25, 0.3) is 0 Å². The Morgan fingerprint density at radius 3 is 0.930 bits per heavy atom. The van der Waals surface area contributed by atoms with Gasteiger partial charge < -0.3 is 89.9 Å². The van der Waals surface area contributed by atoms with E-state index in [2.05, 4.69) is 67.8 Å². The molecule has 0 bridgehead atoms. The van der Waals surface area contributed by atoms with Gasteiger partial charge in [-0.15, -0.1) is 0 Å². The fourth-order valence-corrected chi connectivity index (χ4v) is 16.2. The van der Waals surface area contributed by atoms with Crippen molar-refractivity contribution >= 4 is 5.91 Å². The smallest absolute Gasteiger partial charge is 0.220 e. The highest BCUT2D eigenvalue weighted by Gasteiger charge is 2.54. The number of aliphatic hydroxyl groups excluding tert-OH is 11. The molecule has 19 heteroatoms. The van der Waals surface area contributed by atoms with Gasteiger partial charge in [-0.05, 0) is 70.6 Å². The molecule has 0 radical (unpaired) electrons. The summed E-state index contributed by atoms with van der Waals surface area (Å²) in [7, 11) is 0. The van der Waals surface area contributed by atoms with Crippen molar-refractivity contribution in [3.05, 3.63) is 60.8 Å². The van der Waals surface area contributed by atoms with Crippen LogP contribution in [0.15, 0.2) is 60.8 Å². The predicted molar refractivity (Wildman–Crippen MR) is 466 cm³/mol. The summed E-state index contributed by atoms with van der Waals surface area (Å²) in [6.45, 7) is 1.77. The molecule has 674 valence electrons. The zero-order valence-corrected chi connectivity index (χ0v) is 73.0. The maximum absolute atomic E-state index is 13.5. The van der Waals surface area contributed by atoms with Gasteiger partial charge in [0.15, 0.2) is 18.9 Å². The second kappa shape index (κ2) is 75.2. The number of carbonyl (C=O) groups is 1. The molecule has 3 aliphatic rings. The maximum atomic E-state index is 13.5. The van der Waals surface area contributed by atoms with E-state index in [0.29, 0.717) is 12.8 Å². The van der Waals surface area contributed by atoms with Gasteiger partial charge >= 0.3 is 0 Å². The largest absolute Gasteiger partial charge is 0.394 e. The zero-order chi connectivity index (χ0) is 83.1. The first-order chi connectivity index (χ1) is 56.3. The zero-order valence-electron chi connectivity index (χ0n) is 73.0. The SMILES string of the molecule is CCCCCCC/C=C\C/C=C\C/C=C\CCCCCCCCCCCCCCCCCCCCCCCCCCCCC(=O)NC(COC1OC(CO)C(OC2OC(CO)C(OC3OC(CO)C(O)C(O)C3O)C(O)C2O)C(O)C1O)C(O)/C=C/CC/C=C/CCCCCCCCCCCCCCCCCCCCCCCCC. The second-order valence-corrected chi connectivity index (χ2v) is 34.2. The van der Waals surface area contributed by atoms with Crippen LogP contribution < -0.4 is 5.32 Å². The number of ether oxygens (including phenoxy) is 6.